The van der Waals surface area contributed by atoms with Crippen LogP contribution in [0.15, 0.2) is 53.4 Å². The minimum Gasteiger partial charge on any atom is -0.507 e. The summed E-state index contributed by atoms with van der Waals surface area (Å²) in [5.41, 5.74) is 2.62. The minimum absolute atomic E-state index is 0.00451. The fourth-order valence-electron chi connectivity index (χ4n) is 4.28. The van der Waals surface area contributed by atoms with Gasteiger partial charge in [-0.25, -0.2) is 0 Å². The molecular weight excluding hydrogens is 478 g/mol. The number of rotatable bonds is 7. The molecule has 7 nitrogen and oxygen atoms in total. The molecule has 3 aromatic rings. The molecule has 4 rings (SSSR count). The normalized spacial score (nSPS) is 17.1. The molecule has 188 valence electrons. The highest BCUT2D eigenvalue weighted by molar-refractivity contribution is 7.10. The summed E-state index contributed by atoms with van der Waals surface area (Å²) >= 11 is 1.42. The molecule has 0 radical (unpaired) electrons. The van der Waals surface area contributed by atoms with Crippen molar-refractivity contribution in [2.75, 3.05) is 19.1 Å². The van der Waals surface area contributed by atoms with E-state index >= 15 is 0 Å². The third kappa shape index (κ3) is 4.56. The highest BCUT2D eigenvalue weighted by atomic mass is 32.1. The zero-order valence-electron chi connectivity index (χ0n) is 21.1. The number of carbonyl (C=O) groups is 2. The molecule has 1 atom stereocenters. The average molecular weight is 508 g/mol. The van der Waals surface area contributed by atoms with Crippen LogP contribution in [0.2, 0.25) is 0 Å². The average Bonchev–Trinajstić information content (AvgIpc) is 3.39. The van der Waals surface area contributed by atoms with Crippen molar-refractivity contribution in [3.8, 4) is 17.2 Å². The van der Waals surface area contributed by atoms with Crippen molar-refractivity contribution in [1.82, 2.24) is 0 Å². The molecule has 1 amide bonds. The predicted molar refractivity (Wildman–Crippen MR) is 140 cm³/mol. The number of methoxy groups -OCH3 is 2. The number of hydrogen-bond acceptors (Lipinski definition) is 7. The molecule has 0 bridgehead atoms. The van der Waals surface area contributed by atoms with Crippen molar-refractivity contribution >= 4 is 34.5 Å². The molecule has 2 heterocycles. The van der Waals surface area contributed by atoms with E-state index in [4.69, 9.17) is 14.2 Å². The number of aliphatic hydroxyl groups excluding tert-OH is 1. The first kappa shape index (κ1) is 25.3. The van der Waals surface area contributed by atoms with Gasteiger partial charge >= 0.3 is 0 Å². The van der Waals surface area contributed by atoms with Gasteiger partial charge < -0.3 is 19.3 Å². The monoisotopic (exact) mass is 507 g/mol. The molecule has 36 heavy (non-hydrogen) atoms. The Morgan fingerprint density at radius 3 is 2.17 bits per heavy atom. The van der Waals surface area contributed by atoms with Gasteiger partial charge in [0.1, 0.15) is 29.0 Å². The van der Waals surface area contributed by atoms with Crippen LogP contribution in [0.25, 0.3) is 5.76 Å². The summed E-state index contributed by atoms with van der Waals surface area (Å²) in [5.74, 6) is -0.0826. The number of benzene rings is 2. The van der Waals surface area contributed by atoms with Crippen LogP contribution in [0.4, 0.5) is 5.69 Å². The van der Waals surface area contributed by atoms with Crippen LogP contribution >= 0.6 is 11.3 Å². The molecule has 2 aromatic carbocycles. The standard InChI is InChI=1S/C28H29NO6S/c1-15(2)35-22-8-7-18(11-17(22)4)25(30)23-24(27-16(3)9-10-36-27)29(28(32)26(23)31)19-12-20(33-5)14-21(13-19)34-6/h7-15,24,30H,1-6H3/b25-23-. The maximum atomic E-state index is 13.4. The number of hydrogen-bond donors (Lipinski definition) is 1. The van der Waals surface area contributed by atoms with Crippen molar-refractivity contribution in [3.05, 3.63) is 75.0 Å². The SMILES string of the molecule is COc1cc(OC)cc(N2C(=O)C(=O)/C(=C(\O)c3ccc(OC(C)C)c(C)c3)C2c2sccc2C)c1. The second-order valence-electron chi connectivity index (χ2n) is 8.85. The summed E-state index contributed by atoms with van der Waals surface area (Å²) in [6.07, 6.45) is -0.00451. The van der Waals surface area contributed by atoms with Crippen LogP contribution in [0.1, 0.15) is 41.5 Å². The summed E-state index contributed by atoms with van der Waals surface area (Å²) in [6.45, 7) is 7.66. The number of anilines is 1. The molecule has 1 saturated heterocycles. The van der Waals surface area contributed by atoms with Gasteiger partial charge in [0, 0.05) is 28.6 Å². The zero-order valence-corrected chi connectivity index (χ0v) is 21.9. The van der Waals surface area contributed by atoms with Crippen molar-refractivity contribution < 1.29 is 28.9 Å². The van der Waals surface area contributed by atoms with Gasteiger partial charge in [-0.2, -0.15) is 0 Å². The third-order valence-corrected chi connectivity index (χ3v) is 7.09. The van der Waals surface area contributed by atoms with Crippen LogP contribution in [-0.4, -0.2) is 37.1 Å². The van der Waals surface area contributed by atoms with Gasteiger partial charge in [-0.3, -0.25) is 14.5 Å². The number of amides is 1. The Morgan fingerprint density at radius 2 is 1.64 bits per heavy atom. The van der Waals surface area contributed by atoms with E-state index in [9.17, 15) is 14.7 Å². The van der Waals surface area contributed by atoms with Crippen LogP contribution in [0.3, 0.4) is 0 Å². The smallest absolute Gasteiger partial charge is 0.300 e. The zero-order chi connectivity index (χ0) is 26.1. The lowest BCUT2D eigenvalue weighted by Gasteiger charge is -2.25. The maximum absolute atomic E-state index is 13.4. The quantitative estimate of drug-likeness (QED) is 0.247. The Kier molecular flexibility index (Phi) is 7.08. The van der Waals surface area contributed by atoms with E-state index in [-0.39, 0.29) is 17.4 Å². The molecule has 1 unspecified atom stereocenters. The fraction of sp³-hybridized carbons (Fsp3) is 0.286. The van der Waals surface area contributed by atoms with E-state index < -0.39 is 17.7 Å². The number of thiophene rings is 1. The van der Waals surface area contributed by atoms with Crippen molar-refractivity contribution in [1.29, 1.82) is 0 Å². The van der Waals surface area contributed by atoms with E-state index in [1.54, 1.807) is 36.4 Å². The Balaban J connectivity index is 1.91. The first-order chi connectivity index (χ1) is 17.2. The van der Waals surface area contributed by atoms with Gasteiger partial charge in [-0.1, -0.05) is 0 Å². The third-order valence-electron chi connectivity index (χ3n) is 6.02. The molecule has 1 fully saturated rings. The number of ether oxygens (including phenoxy) is 3. The van der Waals surface area contributed by atoms with Crippen molar-refractivity contribution in [2.45, 2.75) is 39.8 Å². The number of aliphatic hydroxyl groups is 1. The number of carbonyl (C=O) groups excluding carboxylic acids is 2. The summed E-state index contributed by atoms with van der Waals surface area (Å²) in [5, 5.41) is 13.3. The summed E-state index contributed by atoms with van der Waals surface area (Å²) in [4.78, 5) is 29.1. The molecular formula is C28H29NO6S. The molecule has 0 spiro atoms. The molecule has 0 saturated carbocycles. The lowest BCUT2D eigenvalue weighted by Crippen LogP contribution is -2.29. The highest BCUT2D eigenvalue weighted by Crippen LogP contribution is 2.46. The van der Waals surface area contributed by atoms with Gasteiger partial charge in [0.05, 0.1) is 31.6 Å². The van der Waals surface area contributed by atoms with Gasteiger partial charge in [-0.15, -0.1) is 11.3 Å². The molecule has 1 N–H and O–H groups in total. The van der Waals surface area contributed by atoms with Crippen molar-refractivity contribution in [2.24, 2.45) is 0 Å². The topological polar surface area (TPSA) is 85.3 Å². The van der Waals surface area contributed by atoms with Gasteiger partial charge in [0.2, 0.25) is 0 Å². The highest BCUT2D eigenvalue weighted by Gasteiger charge is 2.48. The second kappa shape index (κ2) is 10.1. The number of nitrogens with zero attached hydrogens (tertiary/aromatic N) is 1. The summed E-state index contributed by atoms with van der Waals surface area (Å²) < 4.78 is 16.6. The second-order valence-corrected chi connectivity index (χ2v) is 9.80. The molecule has 1 aliphatic rings. The van der Waals surface area contributed by atoms with E-state index in [1.165, 1.54) is 30.5 Å². The van der Waals surface area contributed by atoms with Crippen LogP contribution in [0.5, 0.6) is 17.2 Å². The molecule has 0 aliphatic carbocycles. The first-order valence-electron chi connectivity index (χ1n) is 11.5. The molecule has 8 heteroatoms. The largest absolute Gasteiger partial charge is 0.507 e. The summed E-state index contributed by atoms with van der Waals surface area (Å²) in [7, 11) is 3.03. The number of aryl methyl sites for hydroxylation is 2. The Hall–Kier alpha value is -3.78. The fourth-order valence-corrected chi connectivity index (χ4v) is 5.31. The van der Waals surface area contributed by atoms with E-state index in [1.807, 2.05) is 39.1 Å². The van der Waals surface area contributed by atoms with Crippen LogP contribution < -0.4 is 19.1 Å². The lowest BCUT2D eigenvalue weighted by molar-refractivity contribution is -0.132. The Bertz CT molecular complexity index is 1330. The maximum Gasteiger partial charge on any atom is 0.300 e. The lowest BCUT2D eigenvalue weighted by atomic mass is 9.97. The molecule has 1 aliphatic heterocycles. The molecule has 1 aromatic heterocycles. The van der Waals surface area contributed by atoms with Crippen molar-refractivity contribution in [3.63, 3.8) is 0 Å². The number of ketones is 1. The summed E-state index contributed by atoms with van der Waals surface area (Å²) in [6, 6.07) is 11.4. The Labute approximate surface area is 214 Å². The van der Waals surface area contributed by atoms with Gasteiger partial charge in [0.25, 0.3) is 11.7 Å². The predicted octanol–water partition coefficient (Wildman–Crippen LogP) is 5.80. The first-order valence-corrected chi connectivity index (χ1v) is 12.4. The van der Waals surface area contributed by atoms with E-state index in [0.29, 0.717) is 28.5 Å². The minimum atomic E-state index is -0.811. The Morgan fingerprint density at radius 1 is 0.972 bits per heavy atom. The van der Waals surface area contributed by atoms with Gasteiger partial charge in [0.15, 0.2) is 0 Å². The van der Waals surface area contributed by atoms with Crippen LogP contribution in [0, 0.1) is 13.8 Å². The van der Waals surface area contributed by atoms with E-state index in [0.717, 1.165) is 16.0 Å². The van der Waals surface area contributed by atoms with Crippen LogP contribution in [-0.2, 0) is 9.59 Å². The number of Topliss-reactive ketones (excluding diaryl/α,β-unsaturated/α-hetero) is 1. The van der Waals surface area contributed by atoms with Gasteiger partial charge in [-0.05, 0) is 68.5 Å². The van der Waals surface area contributed by atoms with E-state index in [2.05, 4.69) is 0 Å².